The van der Waals surface area contributed by atoms with Crippen molar-refractivity contribution in [3.63, 3.8) is 0 Å². The fourth-order valence-electron chi connectivity index (χ4n) is 1.51. The summed E-state index contributed by atoms with van der Waals surface area (Å²) in [6.07, 6.45) is -0.673. The molecule has 1 unspecified atom stereocenters. The van der Waals surface area contributed by atoms with Crippen LogP contribution < -0.4 is 5.32 Å². The molecule has 0 fully saturated rings. The number of amides is 1. The van der Waals surface area contributed by atoms with Crippen LogP contribution in [0.1, 0.15) is 32.4 Å². The van der Waals surface area contributed by atoms with Gasteiger partial charge in [0.05, 0.1) is 7.11 Å². The normalized spacial score (nSPS) is 12.4. The molecule has 0 aliphatic heterocycles. The van der Waals surface area contributed by atoms with Gasteiger partial charge in [0.1, 0.15) is 5.60 Å². The van der Waals surface area contributed by atoms with Crippen molar-refractivity contribution < 1.29 is 19.1 Å². The van der Waals surface area contributed by atoms with Gasteiger partial charge in [-0.2, -0.15) is 0 Å². The number of hydrogen-bond acceptors (Lipinski definition) is 4. The molecule has 0 saturated carbocycles. The van der Waals surface area contributed by atoms with Crippen molar-refractivity contribution in [2.24, 2.45) is 0 Å². The molecule has 6 heteroatoms. The number of nitrogens with one attached hydrogen (secondary N) is 1. The maximum absolute atomic E-state index is 11.8. The maximum atomic E-state index is 11.8. The molecule has 5 nitrogen and oxygen atoms in total. The molecule has 0 radical (unpaired) electrons. The highest BCUT2D eigenvalue weighted by Crippen LogP contribution is 2.20. The smallest absolute Gasteiger partial charge is 0.408 e. The first-order valence-electron chi connectivity index (χ1n) is 6.06. The predicted octanol–water partition coefficient (Wildman–Crippen LogP) is 3.19. The Morgan fingerprint density at radius 2 is 1.95 bits per heavy atom. The van der Waals surface area contributed by atoms with Gasteiger partial charge in [0.15, 0.2) is 6.04 Å². The van der Waals surface area contributed by atoms with Crippen LogP contribution in [0.2, 0.25) is 0 Å². The number of hydrogen-bond donors (Lipinski definition) is 1. The molecular formula is C14H18BrNO4. The first kappa shape index (κ1) is 16.5. The highest BCUT2D eigenvalue weighted by Gasteiger charge is 2.26. The lowest BCUT2D eigenvalue weighted by molar-refractivity contribution is -0.143. The molecule has 20 heavy (non-hydrogen) atoms. The van der Waals surface area contributed by atoms with Crippen molar-refractivity contribution >= 4 is 28.0 Å². The molecule has 0 aromatic heterocycles. The van der Waals surface area contributed by atoms with Crippen LogP contribution in [-0.2, 0) is 14.3 Å². The summed E-state index contributed by atoms with van der Waals surface area (Å²) in [6, 6.07) is 6.15. The van der Waals surface area contributed by atoms with Crippen LogP contribution in [0.4, 0.5) is 4.79 Å². The quantitative estimate of drug-likeness (QED) is 0.856. The SMILES string of the molecule is COC(=O)C(NC(=O)OC(C)(C)C)c1cccc(Br)c1. The maximum Gasteiger partial charge on any atom is 0.408 e. The van der Waals surface area contributed by atoms with E-state index in [-0.39, 0.29) is 0 Å². The fraction of sp³-hybridized carbons (Fsp3) is 0.429. The number of rotatable bonds is 3. The fourth-order valence-corrected chi connectivity index (χ4v) is 1.92. The molecule has 0 heterocycles. The van der Waals surface area contributed by atoms with Crippen LogP contribution in [0.25, 0.3) is 0 Å². The zero-order chi connectivity index (χ0) is 15.3. The van der Waals surface area contributed by atoms with Crippen LogP contribution in [0.5, 0.6) is 0 Å². The van der Waals surface area contributed by atoms with Gasteiger partial charge < -0.3 is 14.8 Å². The Morgan fingerprint density at radius 3 is 2.45 bits per heavy atom. The Hall–Kier alpha value is -1.56. The van der Waals surface area contributed by atoms with Gasteiger partial charge in [0.25, 0.3) is 0 Å². The third kappa shape index (κ3) is 5.21. The first-order chi connectivity index (χ1) is 9.23. The molecule has 1 aromatic carbocycles. The third-order valence-corrected chi connectivity index (χ3v) is 2.77. The Bertz CT molecular complexity index is 496. The summed E-state index contributed by atoms with van der Waals surface area (Å²) >= 11 is 3.32. The van der Waals surface area contributed by atoms with Crippen LogP contribution in [0.3, 0.4) is 0 Å². The van der Waals surface area contributed by atoms with E-state index in [0.29, 0.717) is 5.56 Å². The standard InChI is InChI=1S/C14H18BrNO4/c1-14(2,3)20-13(18)16-11(12(17)19-4)9-6-5-7-10(15)8-9/h5-8,11H,1-4H3,(H,16,18). The molecule has 0 aliphatic rings. The lowest BCUT2D eigenvalue weighted by atomic mass is 10.1. The minimum atomic E-state index is -0.910. The lowest BCUT2D eigenvalue weighted by Gasteiger charge is -2.22. The number of alkyl carbamates (subject to hydrolysis) is 1. The molecule has 1 N–H and O–H groups in total. The molecule has 1 amide bonds. The van der Waals surface area contributed by atoms with E-state index in [1.54, 1.807) is 39.0 Å². The summed E-state index contributed by atoms with van der Waals surface area (Å²) in [5, 5.41) is 2.51. The number of halogens is 1. The number of carbonyl (C=O) groups is 2. The number of carbonyl (C=O) groups excluding carboxylic acids is 2. The van der Waals surface area contributed by atoms with Gasteiger partial charge in [-0.05, 0) is 38.5 Å². The molecular weight excluding hydrogens is 326 g/mol. The van der Waals surface area contributed by atoms with E-state index in [1.807, 2.05) is 6.07 Å². The van der Waals surface area contributed by atoms with E-state index in [9.17, 15) is 9.59 Å². The number of esters is 1. The largest absolute Gasteiger partial charge is 0.467 e. The molecule has 0 bridgehead atoms. The van der Waals surface area contributed by atoms with E-state index in [2.05, 4.69) is 21.2 Å². The van der Waals surface area contributed by atoms with E-state index in [1.165, 1.54) is 7.11 Å². The predicted molar refractivity (Wildman–Crippen MR) is 78.3 cm³/mol. The van der Waals surface area contributed by atoms with Gasteiger partial charge in [-0.3, -0.25) is 0 Å². The third-order valence-electron chi connectivity index (χ3n) is 2.28. The molecule has 0 spiro atoms. The summed E-state index contributed by atoms with van der Waals surface area (Å²) in [6.45, 7) is 5.25. The van der Waals surface area contributed by atoms with Gasteiger partial charge in [-0.25, -0.2) is 9.59 Å². The number of ether oxygens (including phenoxy) is 2. The minimum absolute atomic E-state index is 0.561. The Kier molecular flexibility index (Phi) is 5.56. The van der Waals surface area contributed by atoms with Gasteiger partial charge in [-0.15, -0.1) is 0 Å². The van der Waals surface area contributed by atoms with Crippen molar-refractivity contribution in [2.45, 2.75) is 32.4 Å². The lowest BCUT2D eigenvalue weighted by Crippen LogP contribution is -2.38. The topological polar surface area (TPSA) is 64.6 Å². The Balaban J connectivity index is 2.91. The number of methoxy groups -OCH3 is 1. The summed E-state index contributed by atoms with van der Waals surface area (Å²) in [7, 11) is 1.27. The molecule has 1 aromatic rings. The highest BCUT2D eigenvalue weighted by molar-refractivity contribution is 9.10. The van der Waals surface area contributed by atoms with Crippen LogP contribution in [0, 0.1) is 0 Å². The molecule has 110 valence electrons. The van der Waals surface area contributed by atoms with E-state index in [0.717, 1.165) is 4.47 Å². The second-order valence-corrected chi connectivity index (χ2v) is 6.07. The average molecular weight is 344 g/mol. The van der Waals surface area contributed by atoms with Gasteiger partial charge in [0, 0.05) is 4.47 Å². The van der Waals surface area contributed by atoms with Gasteiger partial charge in [0.2, 0.25) is 0 Å². The van der Waals surface area contributed by atoms with Crippen molar-refractivity contribution in [2.75, 3.05) is 7.11 Å². The van der Waals surface area contributed by atoms with Gasteiger partial charge in [-0.1, -0.05) is 28.1 Å². The summed E-state index contributed by atoms with van der Waals surface area (Å²) in [4.78, 5) is 23.6. The van der Waals surface area contributed by atoms with Crippen molar-refractivity contribution in [3.8, 4) is 0 Å². The summed E-state index contributed by atoms with van der Waals surface area (Å²) in [5.41, 5.74) is -0.0285. The molecule has 0 saturated heterocycles. The minimum Gasteiger partial charge on any atom is -0.467 e. The van der Waals surface area contributed by atoms with Crippen LogP contribution >= 0.6 is 15.9 Å². The average Bonchev–Trinajstić information content (AvgIpc) is 2.33. The first-order valence-corrected chi connectivity index (χ1v) is 6.85. The molecule has 1 rings (SSSR count). The monoisotopic (exact) mass is 343 g/mol. The molecule has 0 aliphatic carbocycles. The second kappa shape index (κ2) is 6.74. The second-order valence-electron chi connectivity index (χ2n) is 5.16. The summed E-state index contributed by atoms with van der Waals surface area (Å²) < 4.78 is 10.7. The molecule has 1 atom stereocenters. The van der Waals surface area contributed by atoms with Crippen LogP contribution in [0.15, 0.2) is 28.7 Å². The zero-order valence-electron chi connectivity index (χ0n) is 11.9. The van der Waals surface area contributed by atoms with E-state index >= 15 is 0 Å². The highest BCUT2D eigenvalue weighted by atomic mass is 79.9. The van der Waals surface area contributed by atoms with Crippen molar-refractivity contribution in [3.05, 3.63) is 34.3 Å². The summed E-state index contributed by atoms with van der Waals surface area (Å²) in [5.74, 6) is -0.561. The van der Waals surface area contributed by atoms with Crippen LogP contribution in [-0.4, -0.2) is 24.8 Å². The van der Waals surface area contributed by atoms with Crippen molar-refractivity contribution in [1.82, 2.24) is 5.32 Å². The van der Waals surface area contributed by atoms with Crippen molar-refractivity contribution in [1.29, 1.82) is 0 Å². The van der Waals surface area contributed by atoms with Gasteiger partial charge >= 0.3 is 12.1 Å². The zero-order valence-corrected chi connectivity index (χ0v) is 13.5. The Labute approximate surface area is 126 Å². The number of benzene rings is 1. The van der Waals surface area contributed by atoms with E-state index in [4.69, 9.17) is 9.47 Å². The Morgan fingerprint density at radius 1 is 1.30 bits per heavy atom. The van der Waals surface area contributed by atoms with E-state index < -0.39 is 23.7 Å².